The Morgan fingerprint density at radius 1 is 0.864 bits per heavy atom. The molecular weight excluding hydrogens is 338 g/mol. The zero-order valence-corrected chi connectivity index (χ0v) is 19.4. The van der Waals surface area contributed by atoms with Crippen LogP contribution in [0.2, 0.25) is 0 Å². The molecule has 0 N–H and O–H groups in total. The standard InChI is InChI=1S/C14H16N2O4.2K/c1-9(13(17)18)15-7-11-3-5-12(6-4-11)8-16-10(2)14(19)20;;/h3-10H,1-2H3,(H,17,18)(H,19,20);;/q;2*+1/p-2. The van der Waals surface area contributed by atoms with E-state index >= 15 is 0 Å². The molecule has 0 fully saturated rings. The van der Waals surface area contributed by atoms with Crippen LogP contribution < -0.4 is 113 Å². The third kappa shape index (κ3) is 9.81. The van der Waals surface area contributed by atoms with Gasteiger partial charge in [0.2, 0.25) is 0 Å². The molecule has 2 atom stereocenters. The summed E-state index contributed by atoms with van der Waals surface area (Å²) in [7, 11) is 0. The van der Waals surface area contributed by atoms with Gasteiger partial charge in [-0.15, -0.1) is 0 Å². The van der Waals surface area contributed by atoms with Crippen molar-refractivity contribution in [2.45, 2.75) is 25.9 Å². The summed E-state index contributed by atoms with van der Waals surface area (Å²) in [5, 5.41) is 21.0. The molecule has 106 valence electrons. The number of carboxylic acid groups (broad SMARTS) is 2. The van der Waals surface area contributed by atoms with Gasteiger partial charge in [0.15, 0.2) is 0 Å². The topological polar surface area (TPSA) is 105 Å². The van der Waals surface area contributed by atoms with Gasteiger partial charge < -0.3 is 19.8 Å². The minimum absolute atomic E-state index is 0. The van der Waals surface area contributed by atoms with Crippen molar-refractivity contribution in [2.75, 3.05) is 0 Å². The van der Waals surface area contributed by atoms with Crippen LogP contribution in [-0.2, 0) is 9.59 Å². The second-order valence-electron chi connectivity index (χ2n) is 4.21. The zero-order valence-electron chi connectivity index (χ0n) is 13.1. The molecule has 0 aliphatic heterocycles. The number of hydrogen-bond acceptors (Lipinski definition) is 6. The number of rotatable bonds is 6. The molecule has 0 heterocycles. The van der Waals surface area contributed by atoms with Crippen LogP contribution in [0.25, 0.3) is 0 Å². The van der Waals surface area contributed by atoms with Gasteiger partial charge in [-0.3, -0.25) is 9.98 Å². The van der Waals surface area contributed by atoms with Crippen LogP contribution in [0.1, 0.15) is 25.0 Å². The molecule has 0 radical (unpaired) electrons. The number of aliphatic imine (C=N–C) groups is 2. The second kappa shape index (κ2) is 13.1. The monoisotopic (exact) mass is 352 g/mol. The molecule has 0 saturated carbocycles. The predicted molar refractivity (Wildman–Crippen MR) is 70.6 cm³/mol. The van der Waals surface area contributed by atoms with E-state index in [4.69, 9.17) is 0 Å². The summed E-state index contributed by atoms with van der Waals surface area (Å²) in [6.07, 6.45) is 2.87. The molecule has 1 aromatic rings. The second-order valence-corrected chi connectivity index (χ2v) is 4.21. The Balaban J connectivity index is 0. The molecule has 0 aromatic heterocycles. The first-order valence-corrected chi connectivity index (χ1v) is 5.98. The van der Waals surface area contributed by atoms with Crippen LogP contribution in [0.15, 0.2) is 34.3 Å². The van der Waals surface area contributed by atoms with Crippen molar-refractivity contribution < 1.29 is 123 Å². The van der Waals surface area contributed by atoms with Crippen molar-refractivity contribution in [3.05, 3.63) is 35.4 Å². The summed E-state index contributed by atoms with van der Waals surface area (Å²) in [6, 6.07) is 5.07. The van der Waals surface area contributed by atoms with Gasteiger partial charge >= 0.3 is 103 Å². The molecule has 2 unspecified atom stereocenters. The number of benzene rings is 1. The molecule has 0 amide bonds. The van der Waals surface area contributed by atoms with E-state index in [1.54, 1.807) is 24.3 Å². The number of carbonyl (C=O) groups is 2. The quantitative estimate of drug-likeness (QED) is 0.375. The molecule has 0 bridgehead atoms. The molecule has 8 heteroatoms. The minimum Gasteiger partial charge on any atom is -0.548 e. The average Bonchev–Trinajstić information content (AvgIpc) is 2.42. The number of nitrogens with zero attached hydrogens (tertiary/aromatic N) is 2. The summed E-state index contributed by atoms with van der Waals surface area (Å²) in [5.41, 5.74) is 1.45. The molecule has 0 aliphatic carbocycles. The Morgan fingerprint density at radius 2 is 1.14 bits per heavy atom. The number of carboxylic acids is 2. The van der Waals surface area contributed by atoms with Crippen LogP contribution in [0, 0.1) is 0 Å². The van der Waals surface area contributed by atoms with Crippen LogP contribution in [0.4, 0.5) is 0 Å². The van der Waals surface area contributed by atoms with Crippen LogP contribution >= 0.6 is 0 Å². The van der Waals surface area contributed by atoms with Gasteiger partial charge in [0.05, 0.1) is 24.0 Å². The summed E-state index contributed by atoms with van der Waals surface area (Å²) < 4.78 is 0. The first-order chi connectivity index (χ1) is 9.40. The summed E-state index contributed by atoms with van der Waals surface area (Å²) in [5.74, 6) is -2.47. The molecule has 22 heavy (non-hydrogen) atoms. The Labute approximate surface area is 214 Å². The van der Waals surface area contributed by atoms with E-state index in [0.29, 0.717) is 0 Å². The van der Waals surface area contributed by atoms with E-state index in [1.165, 1.54) is 26.3 Å². The fourth-order valence-corrected chi connectivity index (χ4v) is 1.19. The maximum atomic E-state index is 10.5. The minimum atomic E-state index is -1.23. The van der Waals surface area contributed by atoms with Gasteiger partial charge in [0.25, 0.3) is 0 Å². The summed E-state index contributed by atoms with van der Waals surface area (Å²) in [4.78, 5) is 28.6. The zero-order chi connectivity index (χ0) is 15.1. The van der Waals surface area contributed by atoms with Gasteiger partial charge in [-0.1, -0.05) is 24.3 Å². The molecule has 6 nitrogen and oxygen atoms in total. The Bertz CT molecular complexity index is 495. The molecule has 1 aromatic carbocycles. The summed E-state index contributed by atoms with van der Waals surface area (Å²) >= 11 is 0. The number of hydrogen-bond donors (Lipinski definition) is 0. The van der Waals surface area contributed by atoms with Crippen LogP contribution in [0.3, 0.4) is 0 Å². The van der Waals surface area contributed by atoms with Crippen molar-refractivity contribution in [1.29, 1.82) is 0 Å². The van der Waals surface area contributed by atoms with E-state index in [2.05, 4.69) is 9.98 Å². The largest absolute Gasteiger partial charge is 1.00 e. The Morgan fingerprint density at radius 3 is 1.36 bits per heavy atom. The normalized spacial score (nSPS) is 13.2. The first kappa shape index (κ1) is 25.0. The van der Waals surface area contributed by atoms with Gasteiger partial charge in [-0.25, -0.2) is 0 Å². The van der Waals surface area contributed by atoms with Gasteiger partial charge in [0, 0.05) is 12.4 Å². The summed E-state index contributed by atoms with van der Waals surface area (Å²) in [6.45, 7) is 2.85. The molecule has 0 aliphatic rings. The van der Waals surface area contributed by atoms with Crippen molar-refractivity contribution in [2.24, 2.45) is 9.98 Å². The smallest absolute Gasteiger partial charge is 0.548 e. The van der Waals surface area contributed by atoms with Crippen molar-refractivity contribution in [3.8, 4) is 0 Å². The van der Waals surface area contributed by atoms with Crippen molar-refractivity contribution in [3.63, 3.8) is 0 Å². The third-order valence-electron chi connectivity index (χ3n) is 2.51. The van der Waals surface area contributed by atoms with Gasteiger partial charge in [-0.2, -0.15) is 0 Å². The van der Waals surface area contributed by atoms with E-state index in [1.807, 2.05) is 0 Å². The van der Waals surface area contributed by atoms with Crippen LogP contribution in [0.5, 0.6) is 0 Å². The van der Waals surface area contributed by atoms with Gasteiger partial charge in [-0.05, 0) is 25.0 Å². The van der Waals surface area contributed by atoms with Gasteiger partial charge in [0.1, 0.15) is 0 Å². The maximum Gasteiger partial charge on any atom is 1.00 e. The molecule has 1 rings (SSSR count). The fourth-order valence-electron chi connectivity index (χ4n) is 1.19. The predicted octanol–water partition coefficient (Wildman–Crippen LogP) is -7.19. The Kier molecular flexibility index (Phi) is 14.9. The third-order valence-corrected chi connectivity index (χ3v) is 2.51. The fraction of sp³-hybridized carbons (Fsp3) is 0.286. The number of carbonyl (C=O) groups excluding carboxylic acids is 2. The van der Waals surface area contributed by atoms with E-state index < -0.39 is 24.0 Å². The molecule has 0 saturated heterocycles. The average molecular weight is 352 g/mol. The van der Waals surface area contributed by atoms with E-state index in [-0.39, 0.29) is 103 Å². The molecule has 0 spiro atoms. The number of aliphatic carboxylic acids is 2. The van der Waals surface area contributed by atoms with Crippen LogP contribution in [-0.4, -0.2) is 36.5 Å². The van der Waals surface area contributed by atoms with E-state index in [0.717, 1.165) is 11.1 Å². The Hall–Kier alpha value is 0.773. The van der Waals surface area contributed by atoms with Crippen molar-refractivity contribution >= 4 is 24.4 Å². The SMILES string of the molecule is CC(N=Cc1ccc(C=NC(C)C(=O)[O-])cc1)C(=O)[O-].[K+].[K+]. The molecular formula is C14H14K2N2O4. The maximum absolute atomic E-state index is 10.5. The van der Waals surface area contributed by atoms with E-state index in [9.17, 15) is 19.8 Å². The van der Waals surface area contributed by atoms with Crippen molar-refractivity contribution in [1.82, 2.24) is 0 Å². The first-order valence-electron chi connectivity index (χ1n) is 5.98.